The number of nitrogens with two attached hydrogens (primary N) is 1. The zero-order valence-electron chi connectivity index (χ0n) is 16.2. The molecule has 0 radical (unpaired) electrons. The van der Waals surface area contributed by atoms with Gasteiger partial charge in [-0.05, 0) is 76.8 Å². The van der Waals surface area contributed by atoms with Gasteiger partial charge < -0.3 is 16.0 Å². The van der Waals surface area contributed by atoms with Crippen LogP contribution < -0.4 is 16.0 Å². The van der Waals surface area contributed by atoms with E-state index < -0.39 is 0 Å². The van der Waals surface area contributed by atoms with E-state index in [0.717, 1.165) is 16.8 Å². The number of aryl methyl sites for hydroxylation is 2. The molecule has 1 saturated heterocycles. The van der Waals surface area contributed by atoms with Gasteiger partial charge in [0.2, 0.25) is 0 Å². The first kappa shape index (κ1) is 18.3. The fourth-order valence-corrected chi connectivity index (χ4v) is 3.90. The minimum absolute atomic E-state index is 0.133. The van der Waals surface area contributed by atoms with E-state index >= 15 is 0 Å². The third kappa shape index (κ3) is 3.69. The molecular weight excluding hydrogens is 322 g/mol. The summed E-state index contributed by atoms with van der Waals surface area (Å²) >= 11 is 0. The van der Waals surface area contributed by atoms with Gasteiger partial charge in [0.1, 0.15) is 0 Å². The normalized spacial score (nSPS) is 20.1. The lowest BCUT2D eigenvalue weighted by Crippen LogP contribution is -2.44. The van der Waals surface area contributed by atoms with Crippen LogP contribution in [0.15, 0.2) is 36.4 Å². The Kier molecular flexibility index (Phi) is 5.21. The smallest absolute Gasteiger partial charge is 0.255 e. The highest BCUT2D eigenvalue weighted by molar-refractivity contribution is 6.06. The van der Waals surface area contributed by atoms with Gasteiger partial charge in [-0.2, -0.15) is 0 Å². The maximum atomic E-state index is 12.6. The molecule has 1 heterocycles. The second-order valence-corrected chi connectivity index (χ2v) is 7.58. The van der Waals surface area contributed by atoms with E-state index in [4.69, 9.17) is 5.73 Å². The Morgan fingerprint density at radius 3 is 2.31 bits per heavy atom. The largest absolute Gasteiger partial charge is 0.397 e. The number of anilines is 3. The molecule has 0 unspecified atom stereocenters. The summed E-state index contributed by atoms with van der Waals surface area (Å²) in [6.07, 6.45) is 3.66. The molecule has 1 aliphatic rings. The first-order valence-corrected chi connectivity index (χ1v) is 9.43. The van der Waals surface area contributed by atoms with E-state index in [1.54, 1.807) is 0 Å². The van der Waals surface area contributed by atoms with Gasteiger partial charge in [0, 0.05) is 23.3 Å². The molecule has 138 valence electrons. The van der Waals surface area contributed by atoms with Crippen LogP contribution in [0.25, 0.3) is 0 Å². The summed E-state index contributed by atoms with van der Waals surface area (Å²) in [5, 5.41) is 2.99. The van der Waals surface area contributed by atoms with Crippen molar-refractivity contribution in [3.63, 3.8) is 0 Å². The van der Waals surface area contributed by atoms with Crippen LogP contribution in [0.3, 0.4) is 0 Å². The summed E-state index contributed by atoms with van der Waals surface area (Å²) < 4.78 is 0. The molecule has 26 heavy (non-hydrogen) atoms. The zero-order valence-corrected chi connectivity index (χ0v) is 16.2. The van der Waals surface area contributed by atoms with Gasteiger partial charge in [-0.1, -0.05) is 17.7 Å². The van der Waals surface area contributed by atoms with Gasteiger partial charge in [0.05, 0.1) is 11.4 Å². The Balaban J connectivity index is 1.90. The molecule has 0 bridgehead atoms. The second kappa shape index (κ2) is 7.40. The molecule has 0 saturated carbocycles. The third-order valence-electron chi connectivity index (χ3n) is 5.40. The summed E-state index contributed by atoms with van der Waals surface area (Å²) in [7, 11) is 0. The van der Waals surface area contributed by atoms with Crippen molar-refractivity contribution in [3.05, 3.63) is 53.1 Å². The minimum atomic E-state index is -0.133. The molecule has 0 spiro atoms. The predicted molar refractivity (Wildman–Crippen MR) is 110 cm³/mol. The lowest BCUT2D eigenvalue weighted by Gasteiger charge is -2.42. The number of nitrogens with zero attached hydrogens (tertiary/aromatic N) is 1. The average Bonchev–Trinajstić information content (AvgIpc) is 2.59. The Labute approximate surface area is 156 Å². The minimum Gasteiger partial charge on any atom is -0.397 e. The molecule has 0 aliphatic carbocycles. The standard InChI is InChI=1S/C22H29N3O/c1-14-8-10-18(11-9-14)22(26)24-20-13-21(15(2)12-19(20)23)25-16(3)6-5-7-17(25)4/h8-13,16-17H,5-7,23H2,1-4H3,(H,24,26)/t16-,17-/m1/s1. The molecule has 4 nitrogen and oxygen atoms in total. The van der Waals surface area contributed by atoms with Gasteiger partial charge in [-0.15, -0.1) is 0 Å². The Morgan fingerprint density at radius 2 is 1.69 bits per heavy atom. The Hall–Kier alpha value is -2.49. The van der Waals surface area contributed by atoms with E-state index in [0.29, 0.717) is 29.0 Å². The quantitative estimate of drug-likeness (QED) is 0.773. The SMILES string of the molecule is Cc1ccc(C(=O)Nc2cc(N3[C@H](C)CCC[C@H]3C)c(C)cc2N)cc1. The fraction of sp³-hybridized carbons (Fsp3) is 0.409. The molecule has 1 amide bonds. The van der Waals surface area contributed by atoms with Crippen LogP contribution in [0.2, 0.25) is 0 Å². The number of nitrogens with one attached hydrogen (secondary N) is 1. The number of hydrogen-bond acceptors (Lipinski definition) is 3. The monoisotopic (exact) mass is 351 g/mol. The van der Waals surface area contributed by atoms with Gasteiger partial charge >= 0.3 is 0 Å². The number of nitrogen functional groups attached to an aromatic ring is 1. The summed E-state index contributed by atoms with van der Waals surface area (Å²) in [5.41, 5.74) is 11.6. The number of carbonyl (C=O) groups is 1. The van der Waals surface area contributed by atoms with E-state index in [1.807, 2.05) is 43.3 Å². The fourth-order valence-electron chi connectivity index (χ4n) is 3.90. The topological polar surface area (TPSA) is 58.4 Å². The molecule has 4 heteroatoms. The van der Waals surface area contributed by atoms with Crippen LogP contribution in [-0.2, 0) is 0 Å². The predicted octanol–water partition coefficient (Wildman–Crippen LogP) is 4.91. The highest BCUT2D eigenvalue weighted by atomic mass is 16.1. The number of rotatable bonds is 3. The molecular formula is C22H29N3O. The van der Waals surface area contributed by atoms with Crippen molar-refractivity contribution in [2.24, 2.45) is 0 Å². The molecule has 2 aromatic carbocycles. The van der Waals surface area contributed by atoms with Crippen molar-refractivity contribution in [1.29, 1.82) is 0 Å². The maximum Gasteiger partial charge on any atom is 0.255 e. The van der Waals surface area contributed by atoms with Crippen LogP contribution >= 0.6 is 0 Å². The maximum absolute atomic E-state index is 12.6. The van der Waals surface area contributed by atoms with Crippen molar-refractivity contribution in [3.8, 4) is 0 Å². The van der Waals surface area contributed by atoms with Crippen LogP contribution in [0.5, 0.6) is 0 Å². The van der Waals surface area contributed by atoms with Crippen molar-refractivity contribution in [1.82, 2.24) is 0 Å². The Bertz CT molecular complexity index is 788. The van der Waals surface area contributed by atoms with Crippen LogP contribution in [0, 0.1) is 13.8 Å². The summed E-state index contributed by atoms with van der Waals surface area (Å²) in [4.78, 5) is 15.1. The lowest BCUT2D eigenvalue weighted by molar-refractivity contribution is 0.102. The summed E-state index contributed by atoms with van der Waals surface area (Å²) in [5.74, 6) is -0.133. The number of benzene rings is 2. The van der Waals surface area contributed by atoms with Crippen LogP contribution in [0.1, 0.15) is 54.6 Å². The van der Waals surface area contributed by atoms with Gasteiger partial charge in [0.25, 0.3) is 5.91 Å². The van der Waals surface area contributed by atoms with E-state index in [2.05, 4.69) is 31.0 Å². The van der Waals surface area contributed by atoms with Crippen LogP contribution in [-0.4, -0.2) is 18.0 Å². The highest BCUT2D eigenvalue weighted by Crippen LogP contribution is 2.35. The van der Waals surface area contributed by atoms with Gasteiger partial charge in [0.15, 0.2) is 0 Å². The molecule has 1 aliphatic heterocycles. The molecule has 0 aromatic heterocycles. The number of hydrogen-bond donors (Lipinski definition) is 2. The molecule has 2 atom stereocenters. The van der Waals surface area contributed by atoms with Crippen molar-refractivity contribution in [2.75, 3.05) is 16.0 Å². The highest BCUT2D eigenvalue weighted by Gasteiger charge is 2.26. The van der Waals surface area contributed by atoms with Gasteiger partial charge in [-0.25, -0.2) is 0 Å². The first-order chi connectivity index (χ1) is 12.4. The van der Waals surface area contributed by atoms with Crippen molar-refractivity contribution >= 4 is 23.0 Å². The van der Waals surface area contributed by atoms with Crippen molar-refractivity contribution in [2.45, 2.75) is 59.0 Å². The molecule has 3 rings (SSSR count). The Morgan fingerprint density at radius 1 is 1.08 bits per heavy atom. The molecule has 3 N–H and O–H groups in total. The van der Waals surface area contributed by atoms with E-state index in [1.165, 1.54) is 19.3 Å². The van der Waals surface area contributed by atoms with Gasteiger partial charge in [-0.3, -0.25) is 4.79 Å². The lowest BCUT2D eigenvalue weighted by atomic mass is 9.95. The average molecular weight is 351 g/mol. The molecule has 1 fully saturated rings. The van der Waals surface area contributed by atoms with E-state index in [9.17, 15) is 4.79 Å². The first-order valence-electron chi connectivity index (χ1n) is 9.43. The number of carbonyl (C=O) groups excluding carboxylic acids is 1. The summed E-state index contributed by atoms with van der Waals surface area (Å²) in [6.45, 7) is 8.64. The molecule has 2 aromatic rings. The number of piperidine rings is 1. The zero-order chi connectivity index (χ0) is 18.8. The van der Waals surface area contributed by atoms with Crippen molar-refractivity contribution < 1.29 is 4.79 Å². The third-order valence-corrected chi connectivity index (χ3v) is 5.40. The van der Waals surface area contributed by atoms with E-state index in [-0.39, 0.29) is 5.91 Å². The second-order valence-electron chi connectivity index (χ2n) is 7.58. The summed E-state index contributed by atoms with van der Waals surface area (Å²) in [6, 6.07) is 12.5. The number of amides is 1. The van der Waals surface area contributed by atoms with Crippen LogP contribution in [0.4, 0.5) is 17.1 Å².